The number of nitro groups is 1. The average molecular weight is 287 g/mol. The molecule has 0 aliphatic carbocycles. The number of carboxylic acid groups (broad SMARTS) is 1. The van der Waals surface area contributed by atoms with Crippen molar-refractivity contribution in [2.24, 2.45) is 0 Å². The first-order valence-corrected chi connectivity index (χ1v) is 6.14. The van der Waals surface area contributed by atoms with Crippen LogP contribution < -0.4 is 5.32 Å². The average Bonchev–Trinajstić information content (AvgIpc) is 2.46. The highest BCUT2D eigenvalue weighted by Crippen LogP contribution is 2.21. The third-order valence-corrected chi connectivity index (χ3v) is 2.95. The molecule has 7 heteroatoms. The van der Waals surface area contributed by atoms with Crippen LogP contribution in [0.5, 0.6) is 0 Å². The van der Waals surface area contributed by atoms with Crippen molar-refractivity contribution in [3.63, 3.8) is 0 Å². The molecule has 21 heavy (non-hydrogen) atoms. The van der Waals surface area contributed by atoms with Crippen LogP contribution in [0.15, 0.2) is 36.5 Å². The molecule has 0 amide bonds. The minimum atomic E-state index is -1.07. The zero-order valence-electron chi connectivity index (χ0n) is 11.2. The first kappa shape index (κ1) is 14.4. The van der Waals surface area contributed by atoms with Crippen LogP contribution in [0.2, 0.25) is 0 Å². The van der Waals surface area contributed by atoms with Crippen LogP contribution >= 0.6 is 0 Å². The van der Waals surface area contributed by atoms with Crippen molar-refractivity contribution in [2.75, 3.05) is 5.32 Å². The zero-order valence-corrected chi connectivity index (χ0v) is 11.2. The van der Waals surface area contributed by atoms with Crippen molar-refractivity contribution in [2.45, 2.75) is 13.5 Å². The topological polar surface area (TPSA) is 105 Å². The van der Waals surface area contributed by atoms with Crippen molar-refractivity contribution in [1.82, 2.24) is 4.98 Å². The van der Waals surface area contributed by atoms with E-state index in [-0.39, 0.29) is 11.4 Å². The summed E-state index contributed by atoms with van der Waals surface area (Å²) in [5.41, 5.74) is 2.40. The highest BCUT2D eigenvalue weighted by atomic mass is 16.6. The highest BCUT2D eigenvalue weighted by molar-refractivity contribution is 5.85. The van der Waals surface area contributed by atoms with Crippen LogP contribution in [0.3, 0.4) is 0 Å². The summed E-state index contributed by atoms with van der Waals surface area (Å²) in [5.74, 6) is -1.07. The summed E-state index contributed by atoms with van der Waals surface area (Å²) >= 11 is 0. The third-order valence-electron chi connectivity index (χ3n) is 2.95. The Kier molecular flexibility index (Phi) is 4.13. The number of nitrogens with zero attached hydrogens (tertiary/aromatic N) is 2. The molecule has 1 heterocycles. The summed E-state index contributed by atoms with van der Waals surface area (Å²) in [6, 6.07) is 7.67. The number of carbonyl (C=O) groups is 1. The number of aromatic carboxylic acids is 1. The minimum absolute atomic E-state index is 0.00901. The predicted octanol–water partition coefficient (Wildman–Crippen LogP) is 2.61. The van der Waals surface area contributed by atoms with Crippen molar-refractivity contribution >= 4 is 17.3 Å². The number of benzene rings is 1. The molecular weight excluding hydrogens is 274 g/mol. The molecule has 0 saturated carbocycles. The van der Waals surface area contributed by atoms with Crippen LogP contribution in [0.25, 0.3) is 0 Å². The van der Waals surface area contributed by atoms with Gasteiger partial charge in [-0.1, -0.05) is 6.07 Å². The summed E-state index contributed by atoms with van der Waals surface area (Å²) in [4.78, 5) is 24.7. The Morgan fingerprint density at radius 1 is 1.38 bits per heavy atom. The normalized spacial score (nSPS) is 10.1. The number of nitrogens with one attached hydrogen (secondary N) is 1. The molecule has 0 fully saturated rings. The van der Waals surface area contributed by atoms with Crippen molar-refractivity contribution in [1.29, 1.82) is 0 Å². The van der Waals surface area contributed by atoms with Crippen LogP contribution in [0.4, 0.5) is 11.4 Å². The number of hydrogen-bond acceptors (Lipinski definition) is 5. The molecule has 0 bridgehead atoms. The molecule has 2 rings (SSSR count). The van der Waals surface area contributed by atoms with E-state index < -0.39 is 10.9 Å². The van der Waals surface area contributed by atoms with Gasteiger partial charge in [0.1, 0.15) is 5.69 Å². The third kappa shape index (κ3) is 3.53. The fourth-order valence-corrected chi connectivity index (χ4v) is 1.81. The molecule has 2 aromatic rings. The van der Waals surface area contributed by atoms with Gasteiger partial charge in [-0.15, -0.1) is 0 Å². The van der Waals surface area contributed by atoms with E-state index in [2.05, 4.69) is 10.3 Å². The zero-order chi connectivity index (χ0) is 15.4. The van der Waals surface area contributed by atoms with Gasteiger partial charge in [0.25, 0.3) is 5.69 Å². The van der Waals surface area contributed by atoms with Crippen molar-refractivity contribution in [3.05, 3.63) is 63.5 Å². The van der Waals surface area contributed by atoms with Gasteiger partial charge in [-0.05, 0) is 30.2 Å². The lowest BCUT2D eigenvalue weighted by Crippen LogP contribution is -2.04. The van der Waals surface area contributed by atoms with Crippen LogP contribution in [0.1, 0.15) is 21.6 Å². The Morgan fingerprint density at radius 3 is 2.67 bits per heavy atom. The Bertz CT molecular complexity index is 683. The first-order chi connectivity index (χ1) is 9.97. The Labute approximate surface area is 120 Å². The number of nitro benzene ring substituents is 1. The molecule has 2 N–H and O–H groups in total. The molecule has 0 aliphatic heterocycles. The van der Waals surface area contributed by atoms with Crippen LogP contribution in [0, 0.1) is 17.0 Å². The standard InChI is InChI=1S/C14H13N3O4/c1-9-6-11(17(20)21)3-5-12(9)15-7-10-2-4-13(14(18)19)16-8-10/h2-6,8,15H,7H2,1H3,(H,18,19). The van der Waals surface area contributed by atoms with Gasteiger partial charge in [-0.25, -0.2) is 9.78 Å². The molecule has 0 saturated heterocycles. The predicted molar refractivity (Wildman–Crippen MR) is 76.4 cm³/mol. The minimum Gasteiger partial charge on any atom is -0.477 e. The number of carboxylic acids is 1. The van der Waals surface area contributed by atoms with Crippen LogP contribution in [-0.2, 0) is 6.54 Å². The van der Waals surface area contributed by atoms with Gasteiger partial charge in [-0.2, -0.15) is 0 Å². The number of hydrogen-bond donors (Lipinski definition) is 2. The van der Waals surface area contributed by atoms with Gasteiger partial charge in [0.15, 0.2) is 0 Å². The molecule has 1 aromatic heterocycles. The SMILES string of the molecule is Cc1cc([N+](=O)[O-])ccc1NCc1ccc(C(=O)O)nc1. The number of anilines is 1. The molecule has 0 atom stereocenters. The van der Waals surface area contributed by atoms with Gasteiger partial charge in [-0.3, -0.25) is 10.1 Å². The molecule has 0 radical (unpaired) electrons. The maximum atomic E-state index is 10.7. The summed E-state index contributed by atoms with van der Waals surface area (Å²) in [7, 11) is 0. The second-order valence-electron chi connectivity index (χ2n) is 4.47. The van der Waals surface area contributed by atoms with Crippen LogP contribution in [-0.4, -0.2) is 21.0 Å². The number of aromatic nitrogens is 1. The lowest BCUT2D eigenvalue weighted by Gasteiger charge is -2.09. The molecule has 0 aliphatic rings. The maximum Gasteiger partial charge on any atom is 0.354 e. The molecule has 0 unspecified atom stereocenters. The van der Waals surface area contributed by atoms with Gasteiger partial charge in [0.2, 0.25) is 0 Å². The monoisotopic (exact) mass is 287 g/mol. The van der Waals surface area contributed by atoms with E-state index in [1.807, 2.05) is 0 Å². The summed E-state index contributed by atoms with van der Waals surface area (Å²) in [6.07, 6.45) is 1.48. The fraction of sp³-hybridized carbons (Fsp3) is 0.143. The van der Waals surface area contributed by atoms with E-state index >= 15 is 0 Å². The van der Waals surface area contributed by atoms with E-state index in [0.29, 0.717) is 6.54 Å². The van der Waals surface area contributed by atoms with E-state index in [4.69, 9.17) is 5.11 Å². The molecule has 7 nitrogen and oxygen atoms in total. The molecule has 0 spiro atoms. The lowest BCUT2D eigenvalue weighted by molar-refractivity contribution is -0.384. The number of rotatable bonds is 5. The second-order valence-corrected chi connectivity index (χ2v) is 4.47. The summed E-state index contributed by atoms with van der Waals surface area (Å²) in [6.45, 7) is 2.23. The summed E-state index contributed by atoms with van der Waals surface area (Å²) in [5, 5.41) is 22.6. The van der Waals surface area contributed by atoms with Gasteiger partial charge in [0, 0.05) is 30.6 Å². The first-order valence-electron chi connectivity index (χ1n) is 6.14. The fourth-order valence-electron chi connectivity index (χ4n) is 1.81. The Hall–Kier alpha value is -2.96. The van der Waals surface area contributed by atoms with E-state index in [0.717, 1.165) is 16.8 Å². The lowest BCUT2D eigenvalue weighted by atomic mass is 10.1. The highest BCUT2D eigenvalue weighted by Gasteiger charge is 2.08. The van der Waals surface area contributed by atoms with Gasteiger partial charge < -0.3 is 10.4 Å². The Balaban J connectivity index is 2.06. The second kappa shape index (κ2) is 6.00. The number of non-ortho nitro benzene ring substituents is 1. The molecule has 108 valence electrons. The Morgan fingerprint density at radius 2 is 2.14 bits per heavy atom. The largest absolute Gasteiger partial charge is 0.477 e. The number of pyridine rings is 1. The molecule has 1 aromatic carbocycles. The van der Waals surface area contributed by atoms with E-state index in [1.54, 1.807) is 19.1 Å². The van der Waals surface area contributed by atoms with Gasteiger partial charge >= 0.3 is 5.97 Å². The maximum absolute atomic E-state index is 10.7. The number of aryl methyl sites for hydroxylation is 1. The molecular formula is C14H13N3O4. The van der Waals surface area contributed by atoms with Crippen molar-refractivity contribution < 1.29 is 14.8 Å². The van der Waals surface area contributed by atoms with Crippen molar-refractivity contribution in [3.8, 4) is 0 Å². The summed E-state index contributed by atoms with van der Waals surface area (Å²) < 4.78 is 0. The smallest absolute Gasteiger partial charge is 0.354 e. The van der Waals surface area contributed by atoms with E-state index in [9.17, 15) is 14.9 Å². The van der Waals surface area contributed by atoms with Gasteiger partial charge in [0.05, 0.1) is 4.92 Å². The van der Waals surface area contributed by atoms with E-state index in [1.165, 1.54) is 24.4 Å². The quantitative estimate of drug-likeness (QED) is 0.646.